The molecule has 15 heavy (non-hydrogen) atoms. The van der Waals surface area contributed by atoms with Gasteiger partial charge in [0.05, 0.1) is 12.7 Å². The van der Waals surface area contributed by atoms with Gasteiger partial charge in [0.1, 0.15) is 6.42 Å². The van der Waals surface area contributed by atoms with Gasteiger partial charge in [-0.15, -0.1) is 0 Å². The molecule has 4 nitrogen and oxygen atoms in total. The standard InChI is InChI=1S/C10H8BrNO3/c1-15-9(13)4-2-3-7-5-8(11)6-12-10(7)14/h5-6H,4H2,1H3,(H,12,14). The molecule has 0 fully saturated rings. The number of aromatic nitrogens is 1. The molecule has 0 bridgehead atoms. The van der Waals surface area contributed by atoms with Crippen LogP contribution in [0, 0.1) is 11.8 Å². The van der Waals surface area contributed by atoms with Gasteiger partial charge in [0, 0.05) is 10.7 Å². The summed E-state index contributed by atoms with van der Waals surface area (Å²) in [5.41, 5.74) is 0.0313. The van der Waals surface area contributed by atoms with E-state index < -0.39 is 5.97 Å². The summed E-state index contributed by atoms with van der Waals surface area (Å²) in [6.07, 6.45) is 1.50. The van der Waals surface area contributed by atoms with Crippen LogP contribution in [0.15, 0.2) is 21.5 Å². The maximum Gasteiger partial charge on any atom is 0.317 e. The smallest absolute Gasteiger partial charge is 0.317 e. The third-order valence-electron chi connectivity index (χ3n) is 1.55. The van der Waals surface area contributed by atoms with Crippen molar-refractivity contribution in [2.45, 2.75) is 6.42 Å². The van der Waals surface area contributed by atoms with E-state index in [2.05, 4.69) is 37.5 Å². The van der Waals surface area contributed by atoms with Gasteiger partial charge in [-0.2, -0.15) is 0 Å². The molecule has 1 aromatic heterocycles. The average molecular weight is 270 g/mol. The van der Waals surface area contributed by atoms with Gasteiger partial charge in [0.15, 0.2) is 0 Å². The van der Waals surface area contributed by atoms with E-state index in [9.17, 15) is 9.59 Å². The lowest BCUT2D eigenvalue weighted by Crippen LogP contribution is -2.08. The van der Waals surface area contributed by atoms with Gasteiger partial charge < -0.3 is 9.72 Å². The summed E-state index contributed by atoms with van der Waals surface area (Å²) in [6.45, 7) is 0. The van der Waals surface area contributed by atoms with Crippen molar-refractivity contribution in [1.29, 1.82) is 0 Å². The molecule has 0 amide bonds. The first-order valence-corrected chi connectivity index (χ1v) is 4.86. The molecule has 1 heterocycles. The second kappa shape index (κ2) is 5.37. The molecule has 0 radical (unpaired) electrons. The Balaban J connectivity index is 2.84. The SMILES string of the molecule is COC(=O)CC#Cc1cc(Br)c[nH]c1=O. The van der Waals surface area contributed by atoms with Crippen LogP contribution in [-0.4, -0.2) is 18.1 Å². The summed E-state index contributed by atoms with van der Waals surface area (Å²) in [5, 5.41) is 0. The molecule has 0 saturated carbocycles. The number of pyridine rings is 1. The Morgan fingerprint density at radius 1 is 1.67 bits per heavy atom. The molecule has 1 rings (SSSR count). The lowest BCUT2D eigenvalue weighted by Gasteiger charge is -1.91. The Kier molecular flexibility index (Phi) is 4.13. The first-order chi connectivity index (χ1) is 7.13. The minimum atomic E-state index is -0.422. The Morgan fingerprint density at radius 2 is 2.40 bits per heavy atom. The number of aromatic amines is 1. The normalized spacial score (nSPS) is 8.93. The van der Waals surface area contributed by atoms with Crippen molar-refractivity contribution < 1.29 is 9.53 Å². The van der Waals surface area contributed by atoms with Crippen LogP contribution in [0.25, 0.3) is 0 Å². The van der Waals surface area contributed by atoms with E-state index in [0.717, 1.165) is 4.47 Å². The highest BCUT2D eigenvalue weighted by molar-refractivity contribution is 9.10. The fourth-order valence-corrected chi connectivity index (χ4v) is 1.18. The summed E-state index contributed by atoms with van der Waals surface area (Å²) < 4.78 is 5.13. The number of carbonyl (C=O) groups is 1. The van der Waals surface area contributed by atoms with Crippen molar-refractivity contribution >= 4 is 21.9 Å². The van der Waals surface area contributed by atoms with Crippen LogP contribution in [0.4, 0.5) is 0 Å². The summed E-state index contributed by atoms with van der Waals surface area (Å²) >= 11 is 3.20. The number of methoxy groups -OCH3 is 1. The van der Waals surface area contributed by atoms with E-state index in [1.54, 1.807) is 6.07 Å². The molecule has 0 aliphatic carbocycles. The molecule has 0 unspecified atom stereocenters. The molecular formula is C10H8BrNO3. The summed E-state index contributed by atoms with van der Waals surface area (Å²) in [5.74, 6) is 4.73. The highest BCUT2D eigenvalue weighted by Crippen LogP contribution is 2.05. The molecule has 1 aromatic rings. The number of hydrogen-bond acceptors (Lipinski definition) is 3. The molecule has 0 aliphatic rings. The summed E-state index contributed by atoms with van der Waals surface area (Å²) in [6, 6.07) is 1.59. The van der Waals surface area contributed by atoms with Crippen LogP contribution < -0.4 is 5.56 Å². The van der Waals surface area contributed by atoms with E-state index >= 15 is 0 Å². The largest absolute Gasteiger partial charge is 0.468 e. The second-order valence-electron chi connectivity index (χ2n) is 2.62. The van der Waals surface area contributed by atoms with E-state index in [-0.39, 0.29) is 12.0 Å². The number of ether oxygens (including phenoxy) is 1. The van der Waals surface area contributed by atoms with Crippen molar-refractivity contribution in [3.05, 3.63) is 32.7 Å². The van der Waals surface area contributed by atoms with Gasteiger partial charge in [-0.25, -0.2) is 0 Å². The maximum absolute atomic E-state index is 11.2. The van der Waals surface area contributed by atoms with Gasteiger partial charge in [0.25, 0.3) is 5.56 Å². The van der Waals surface area contributed by atoms with E-state index in [4.69, 9.17) is 0 Å². The Bertz CT molecular complexity index is 481. The predicted molar refractivity (Wildman–Crippen MR) is 58.3 cm³/mol. The highest BCUT2D eigenvalue weighted by Gasteiger charge is 1.97. The molecule has 0 saturated heterocycles. The number of hydrogen-bond donors (Lipinski definition) is 1. The molecule has 0 aromatic carbocycles. The minimum Gasteiger partial charge on any atom is -0.468 e. The fourth-order valence-electron chi connectivity index (χ4n) is 0.834. The monoisotopic (exact) mass is 269 g/mol. The minimum absolute atomic E-state index is 0.0253. The lowest BCUT2D eigenvalue weighted by atomic mass is 10.3. The van der Waals surface area contributed by atoms with Crippen LogP contribution in [0.1, 0.15) is 12.0 Å². The number of H-pyrrole nitrogens is 1. The quantitative estimate of drug-likeness (QED) is 0.613. The van der Waals surface area contributed by atoms with Crippen LogP contribution in [0.3, 0.4) is 0 Å². The van der Waals surface area contributed by atoms with Crippen molar-refractivity contribution in [1.82, 2.24) is 4.98 Å². The summed E-state index contributed by atoms with van der Waals surface area (Å²) in [4.78, 5) is 24.5. The molecule has 0 atom stereocenters. The van der Waals surface area contributed by atoms with Crippen LogP contribution in [0.2, 0.25) is 0 Å². The van der Waals surface area contributed by atoms with Crippen LogP contribution in [0.5, 0.6) is 0 Å². The zero-order valence-electron chi connectivity index (χ0n) is 7.96. The topological polar surface area (TPSA) is 59.2 Å². The number of rotatable bonds is 1. The van der Waals surface area contributed by atoms with Gasteiger partial charge in [-0.05, 0) is 22.0 Å². The van der Waals surface area contributed by atoms with Crippen LogP contribution >= 0.6 is 15.9 Å². The van der Waals surface area contributed by atoms with Gasteiger partial charge in [-0.1, -0.05) is 11.8 Å². The molecule has 78 valence electrons. The third-order valence-corrected chi connectivity index (χ3v) is 2.01. The number of carbonyl (C=O) groups excluding carboxylic acids is 1. The van der Waals surface area contributed by atoms with E-state index in [0.29, 0.717) is 5.56 Å². The first-order valence-electron chi connectivity index (χ1n) is 4.07. The molecule has 5 heteroatoms. The number of esters is 1. The molecular weight excluding hydrogens is 262 g/mol. The fraction of sp³-hybridized carbons (Fsp3) is 0.200. The Labute approximate surface area is 94.8 Å². The van der Waals surface area contributed by atoms with Gasteiger partial charge in [0.2, 0.25) is 0 Å². The molecule has 0 spiro atoms. The number of nitrogens with one attached hydrogen (secondary N) is 1. The third kappa shape index (κ3) is 3.60. The van der Waals surface area contributed by atoms with Crippen LogP contribution in [-0.2, 0) is 9.53 Å². The zero-order chi connectivity index (χ0) is 11.3. The van der Waals surface area contributed by atoms with Crippen molar-refractivity contribution in [2.24, 2.45) is 0 Å². The molecule has 1 N–H and O–H groups in total. The van der Waals surface area contributed by atoms with Crippen molar-refractivity contribution in [2.75, 3.05) is 7.11 Å². The van der Waals surface area contributed by atoms with Crippen molar-refractivity contribution in [3.63, 3.8) is 0 Å². The zero-order valence-corrected chi connectivity index (χ0v) is 9.55. The van der Waals surface area contributed by atoms with Gasteiger partial charge >= 0.3 is 5.97 Å². The average Bonchev–Trinajstić information content (AvgIpc) is 2.23. The molecule has 0 aliphatic heterocycles. The predicted octanol–water partition coefficient (Wildman–Crippen LogP) is 1.05. The maximum atomic E-state index is 11.2. The highest BCUT2D eigenvalue weighted by atomic mass is 79.9. The number of halogens is 1. The first kappa shape index (κ1) is 11.5. The Morgan fingerprint density at radius 3 is 3.07 bits per heavy atom. The second-order valence-corrected chi connectivity index (χ2v) is 3.53. The lowest BCUT2D eigenvalue weighted by molar-refractivity contribution is -0.139. The van der Waals surface area contributed by atoms with E-state index in [1.807, 2.05) is 0 Å². The van der Waals surface area contributed by atoms with Crippen molar-refractivity contribution in [3.8, 4) is 11.8 Å². The van der Waals surface area contributed by atoms with Gasteiger partial charge in [-0.3, -0.25) is 9.59 Å². The van der Waals surface area contributed by atoms with E-state index in [1.165, 1.54) is 13.3 Å². The summed E-state index contributed by atoms with van der Waals surface area (Å²) in [7, 11) is 1.29. The Hall–Kier alpha value is -1.54.